The van der Waals surface area contributed by atoms with Crippen molar-refractivity contribution in [3.8, 4) is 0 Å². The Hall–Kier alpha value is -1.62. The van der Waals surface area contributed by atoms with Crippen molar-refractivity contribution < 1.29 is 14.0 Å². The molecule has 2 amide bonds. The zero-order chi connectivity index (χ0) is 15.0. The zero-order valence-electron chi connectivity index (χ0n) is 11.4. The number of amides is 2. The molecule has 0 aliphatic carbocycles. The number of rotatable bonds is 1. The minimum absolute atomic E-state index is 0.0146. The van der Waals surface area contributed by atoms with Crippen LogP contribution in [0.25, 0.3) is 0 Å². The molecule has 112 valence electrons. The van der Waals surface area contributed by atoms with Gasteiger partial charge in [-0.05, 0) is 30.9 Å². The lowest BCUT2D eigenvalue weighted by Gasteiger charge is -2.41. The monoisotopic (exact) mass is 310 g/mol. The van der Waals surface area contributed by atoms with E-state index in [4.69, 9.17) is 11.6 Å². The van der Waals surface area contributed by atoms with Gasteiger partial charge in [-0.25, -0.2) is 4.39 Å². The number of nitrogens with one attached hydrogen (secondary N) is 1. The summed E-state index contributed by atoms with van der Waals surface area (Å²) in [6.07, 6.45) is 1.98. The van der Waals surface area contributed by atoms with Gasteiger partial charge in [0.15, 0.2) is 5.82 Å². The molecule has 21 heavy (non-hydrogen) atoms. The first-order valence-electron chi connectivity index (χ1n) is 7.09. The maximum absolute atomic E-state index is 14.0. The van der Waals surface area contributed by atoms with Gasteiger partial charge < -0.3 is 10.2 Å². The van der Waals surface area contributed by atoms with E-state index < -0.39 is 5.82 Å². The van der Waals surface area contributed by atoms with Crippen molar-refractivity contribution in [2.45, 2.75) is 25.3 Å². The van der Waals surface area contributed by atoms with Crippen LogP contribution in [0.2, 0.25) is 5.02 Å². The Morgan fingerprint density at radius 1 is 1.38 bits per heavy atom. The van der Waals surface area contributed by atoms with E-state index in [1.54, 1.807) is 11.0 Å². The first-order valence-corrected chi connectivity index (χ1v) is 7.46. The van der Waals surface area contributed by atoms with Crippen molar-refractivity contribution >= 4 is 23.4 Å². The van der Waals surface area contributed by atoms with E-state index in [-0.39, 0.29) is 34.4 Å². The van der Waals surface area contributed by atoms with Crippen LogP contribution in [0.3, 0.4) is 0 Å². The summed E-state index contributed by atoms with van der Waals surface area (Å²) in [6.45, 7) is 1.07. The first-order chi connectivity index (χ1) is 10.1. The predicted octanol–water partition coefficient (Wildman–Crippen LogP) is 2.22. The van der Waals surface area contributed by atoms with Gasteiger partial charge >= 0.3 is 0 Å². The molecule has 1 aromatic rings. The number of fused-ring (bicyclic) bond motifs is 1. The van der Waals surface area contributed by atoms with Gasteiger partial charge in [0.2, 0.25) is 5.91 Å². The minimum Gasteiger partial charge on any atom is -0.353 e. The van der Waals surface area contributed by atoms with E-state index in [1.807, 2.05) is 0 Å². The summed E-state index contributed by atoms with van der Waals surface area (Å²) in [5.74, 6) is -0.659. The molecule has 0 saturated carbocycles. The molecule has 0 radical (unpaired) electrons. The van der Waals surface area contributed by atoms with Crippen LogP contribution >= 0.6 is 11.6 Å². The fourth-order valence-corrected chi connectivity index (χ4v) is 3.31. The van der Waals surface area contributed by atoms with Crippen LogP contribution in [0.5, 0.6) is 0 Å². The minimum atomic E-state index is -0.664. The van der Waals surface area contributed by atoms with Gasteiger partial charge in [-0.2, -0.15) is 0 Å². The molecule has 1 aromatic carbocycles. The number of halogens is 2. The molecule has 2 aliphatic rings. The van der Waals surface area contributed by atoms with Gasteiger partial charge in [0.25, 0.3) is 5.91 Å². The number of carbonyl (C=O) groups excluding carboxylic acids is 2. The molecule has 3 rings (SSSR count). The number of benzene rings is 1. The zero-order valence-corrected chi connectivity index (χ0v) is 12.2. The summed E-state index contributed by atoms with van der Waals surface area (Å²) >= 11 is 5.73. The number of carbonyl (C=O) groups is 2. The highest BCUT2D eigenvalue weighted by molar-refractivity contribution is 6.31. The van der Waals surface area contributed by atoms with Crippen molar-refractivity contribution in [1.82, 2.24) is 10.2 Å². The number of likely N-dealkylation sites (tertiary alicyclic amines) is 1. The van der Waals surface area contributed by atoms with Gasteiger partial charge in [0.1, 0.15) is 0 Å². The molecule has 2 heterocycles. The highest BCUT2D eigenvalue weighted by atomic mass is 35.5. The third-order valence-corrected chi connectivity index (χ3v) is 4.58. The van der Waals surface area contributed by atoms with Crippen LogP contribution in [0.15, 0.2) is 18.2 Å². The van der Waals surface area contributed by atoms with Crippen molar-refractivity contribution in [3.05, 3.63) is 34.6 Å². The van der Waals surface area contributed by atoms with E-state index >= 15 is 0 Å². The maximum Gasteiger partial charge on any atom is 0.256 e. The standard InChI is InChI=1S/C15H16ClFN2O2/c16-11-3-1-2-10(14(11)17)15(21)19-7-6-12-9(8-19)4-5-13(20)18-12/h1-3,9,12H,4-8H2,(H,18,20). The first kappa shape index (κ1) is 14.3. The van der Waals surface area contributed by atoms with Gasteiger partial charge in [-0.1, -0.05) is 17.7 Å². The molecule has 0 bridgehead atoms. The van der Waals surface area contributed by atoms with E-state index in [2.05, 4.69) is 5.32 Å². The van der Waals surface area contributed by atoms with Crippen LogP contribution in [0.4, 0.5) is 4.39 Å². The van der Waals surface area contributed by atoms with Crippen molar-refractivity contribution in [3.63, 3.8) is 0 Å². The molecule has 2 atom stereocenters. The summed E-state index contributed by atoms with van der Waals surface area (Å²) in [4.78, 5) is 25.5. The summed E-state index contributed by atoms with van der Waals surface area (Å²) in [5, 5.41) is 2.92. The van der Waals surface area contributed by atoms with Gasteiger partial charge in [-0.15, -0.1) is 0 Å². The largest absolute Gasteiger partial charge is 0.353 e. The fourth-order valence-electron chi connectivity index (χ4n) is 3.13. The van der Waals surface area contributed by atoms with Crippen molar-refractivity contribution in [2.75, 3.05) is 13.1 Å². The van der Waals surface area contributed by atoms with Crippen LogP contribution in [0.1, 0.15) is 29.6 Å². The summed E-state index contributed by atoms with van der Waals surface area (Å²) in [5.41, 5.74) is 0.0146. The van der Waals surface area contributed by atoms with Crippen LogP contribution in [0, 0.1) is 11.7 Å². The average Bonchev–Trinajstić information content (AvgIpc) is 2.49. The lowest BCUT2D eigenvalue weighted by atomic mass is 9.85. The van der Waals surface area contributed by atoms with Gasteiger partial charge in [0.05, 0.1) is 10.6 Å². The summed E-state index contributed by atoms with van der Waals surface area (Å²) in [6, 6.07) is 4.60. The second-order valence-electron chi connectivity index (χ2n) is 5.61. The van der Waals surface area contributed by atoms with E-state index in [0.29, 0.717) is 25.9 Å². The number of hydrogen-bond donors (Lipinski definition) is 1. The molecule has 0 spiro atoms. The Morgan fingerprint density at radius 2 is 2.19 bits per heavy atom. The van der Waals surface area contributed by atoms with Crippen molar-refractivity contribution in [1.29, 1.82) is 0 Å². The number of piperidine rings is 2. The van der Waals surface area contributed by atoms with Crippen molar-refractivity contribution in [2.24, 2.45) is 5.92 Å². The topological polar surface area (TPSA) is 49.4 Å². The Labute approximate surface area is 127 Å². The molecule has 6 heteroatoms. The normalized spacial score (nSPS) is 25.2. The molecule has 2 aliphatic heterocycles. The molecule has 4 nitrogen and oxygen atoms in total. The third-order valence-electron chi connectivity index (χ3n) is 4.29. The Kier molecular flexibility index (Phi) is 3.85. The van der Waals surface area contributed by atoms with Crippen LogP contribution in [-0.2, 0) is 4.79 Å². The quantitative estimate of drug-likeness (QED) is 0.864. The Bertz CT molecular complexity index is 593. The highest BCUT2D eigenvalue weighted by Gasteiger charge is 2.36. The van der Waals surface area contributed by atoms with Gasteiger partial charge in [-0.3, -0.25) is 9.59 Å². The van der Waals surface area contributed by atoms with Crippen LogP contribution < -0.4 is 5.32 Å². The number of hydrogen-bond acceptors (Lipinski definition) is 2. The molecule has 2 unspecified atom stereocenters. The van der Waals surface area contributed by atoms with Gasteiger partial charge in [0, 0.05) is 25.6 Å². The molecule has 0 aromatic heterocycles. The lowest BCUT2D eigenvalue weighted by Crippen LogP contribution is -2.55. The smallest absolute Gasteiger partial charge is 0.256 e. The number of nitrogens with zero attached hydrogens (tertiary/aromatic N) is 1. The summed E-state index contributed by atoms with van der Waals surface area (Å²) in [7, 11) is 0. The average molecular weight is 311 g/mol. The highest BCUT2D eigenvalue weighted by Crippen LogP contribution is 2.27. The second-order valence-corrected chi connectivity index (χ2v) is 6.02. The second kappa shape index (κ2) is 5.64. The molecule has 2 saturated heterocycles. The Morgan fingerprint density at radius 3 is 3.00 bits per heavy atom. The molecular formula is C15H16ClFN2O2. The maximum atomic E-state index is 14.0. The van der Waals surface area contributed by atoms with E-state index in [1.165, 1.54) is 12.1 Å². The molecule has 1 N–H and O–H groups in total. The molecular weight excluding hydrogens is 295 g/mol. The third kappa shape index (κ3) is 2.75. The fraction of sp³-hybridized carbons (Fsp3) is 0.467. The van der Waals surface area contributed by atoms with E-state index in [9.17, 15) is 14.0 Å². The SMILES string of the molecule is O=C1CCC2CN(C(=O)c3cccc(Cl)c3F)CCC2N1. The Balaban J connectivity index is 1.75. The predicted molar refractivity (Wildman–Crippen MR) is 76.6 cm³/mol. The summed E-state index contributed by atoms with van der Waals surface area (Å²) < 4.78 is 14.0. The van der Waals surface area contributed by atoms with E-state index in [0.717, 1.165) is 6.42 Å². The van der Waals surface area contributed by atoms with Crippen LogP contribution in [-0.4, -0.2) is 35.8 Å². The lowest BCUT2D eigenvalue weighted by molar-refractivity contribution is -0.125. The molecule has 2 fully saturated rings.